The first-order valence-electron chi connectivity index (χ1n) is 6.41. The lowest BCUT2D eigenvalue weighted by Gasteiger charge is -2.31. The van der Waals surface area contributed by atoms with Gasteiger partial charge in [0.1, 0.15) is 0 Å². The average Bonchev–Trinajstić information content (AvgIpc) is 2.33. The highest BCUT2D eigenvalue weighted by Gasteiger charge is 2.41. The van der Waals surface area contributed by atoms with Crippen LogP contribution in [0.4, 0.5) is 13.2 Å². The summed E-state index contributed by atoms with van der Waals surface area (Å²) in [6.07, 6.45) is -2.11. The molecule has 0 aromatic rings. The van der Waals surface area contributed by atoms with Gasteiger partial charge >= 0.3 is 6.18 Å². The molecular formula is C12H22F3NO2. The zero-order valence-corrected chi connectivity index (χ0v) is 10.8. The molecule has 108 valence electrons. The van der Waals surface area contributed by atoms with E-state index in [9.17, 15) is 13.2 Å². The summed E-state index contributed by atoms with van der Waals surface area (Å²) in [7, 11) is 1.60. The summed E-state index contributed by atoms with van der Waals surface area (Å²) >= 11 is 0. The summed E-state index contributed by atoms with van der Waals surface area (Å²) in [5, 5.41) is 3.13. The molecule has 0 radical (unpaired) electrons. The standard InChI is InChI=1S/C12H22F3NO2/c1-17-7-8-18-6-5-16-11-4-2-3-10(9-11)12(13,14)15/h10-11,16H,2-9H2,1H3. The van der Waals surface area contributed by atoms with Crippen molar-refractivity contribution in [1.29, 1.82) is 0 Å². The van der Waals surface area contributed by atoms with Crippen molar-refractivity contribution in [3.05, 3.63) is 0 Å². The van der Waals surface area contributed by atoms with Crippen LogP contribution in [0, 0.1) is 5.92 Å². The van der Waals surface area contributed by atoms with Crippen LogP contribution in [0.15, 0.2) is 0 Å². The van der Waals surface area contributed by atoms with Crippen LogP contribution in [0.1, 0.15) is 25.7 Å². The van der Waals surface area contributed by atoms with E-state index in [-0.39, 0.29) is 18.9 Å². The number of halogens is 3. The number of rotatable bonds is 7. The fraction of sp³-hybridized carbons (Fsp3) is 1.00. The second-order valence-corrected chi connectivity index (χ2v) is 4.66. The molecule has 3 nitrogen and oxygen atoms in total. The second kappa shape index (κ2) is 7.96. The molecular weight excluding hydrogens is 247 g/mol. The Morgan fingerprint density at radius 3 is 2.61 bits per heavy atom. The maximum Gasteiger partial charge on any atom is 0.391 e. The third kappa shape index (κ3) is 6.02. The molecule has 18 heavy (non-hydrogen) atoms. The minimum Gasteiger partial charge on any atom is -0.382 e. The van der Waals surface area contributed by atoms with E-state index in [1.807, 2.05) is 0 Å². The monoisotopic (exact) mass is 269 g/mol. The first kappa shape index (κ1) is 15.7. The van der Waals surface area contributed by atoms with Crippen molar-refractivity contribution in [2.75, 3.05) is 33.5 Å². The van der Waals surface area contributed by atoms with Crippen LogP contribution in [-0.2, 0) is 9.47 Å². The van der Waals surface area contributed by atoms with Gasteiger partial charge in [0.05, 0.1) is 25.7 Å². The molecule has 1 aliphatic rings. The van der Waals surface area contributed by atoms with Crippen molar-refractivity contribution in [2.45, 2.75) is 37.9 Å². The molecule has 6 heteroatoms. The quantitative estimate of drug-likeness (QED) is 0.720. The van der Waals surface area contributed by atoms with Crippen LogP contribution in [0.3, 0.4) is 0 Å². The lowest BCUT2D eigenvalue weighted by molar-refractivity contribution is -0.183. The Labute approximate surface area is 106 Å². The van der Waals surface area contributed by atoms with Crippen LogP contribution in [0.2, 0.25) is 0 Å². The summed E-state index contributed by atoms with van der Waals surface area (Å²) in [6, 6.07) is -0.0311. The zero-order valence-electron chi connectivity index (χ0n) is 10.8. The molecule has 0 bridgehead atoms. The highest BCUT2D eigenvalue weighted by atomic mass is 19.4. The third-order valence-corrected chi connectivity index (χ3v) is 3.25. The lowest BCUT2D eigenvalue weighted by Crippen LogP contribution is -2.40. The molecule has 0 aliphatic heterocycles. The fourth-order valence-corrected chi connectivity index (χ4v) is 2.25. The Hall–Kier alpha value is -0.330. The first-order chi connectivity index (χ1) is 8.54. The SMILES string of the molecule is COCCOCCNC1CCCC(C(F)(F)F)C1. The Kier molecular flexibility index (Phi) is 6.96. The van der Waals surface area contributed by atoms with Gasteiger partial charge in [-0.2, -0.15) is 13.2 Å². The normalized spacial score (nSPS) is 25.3. The van der Waals surface area contributed by atoms with Gasteiger partial charge in [0.25, 0.3) is 0 Å². The first-order valence-corrected chi connectivity index (χ1v) is 6.41. The summed E-state index contributed by atoms with van der Waals surface area (Å²) < 4.78 is 47.8. The fourth-order valence-electron chi connectivity index (χ4n) is 2.25. The van der Waals surface area contributed by atoms with E-state index in [1.165, 1.54) is 0 Å². The number of hydrogen-bond acceptors (Lipinski definition) is 3. The van der Waals surface area contributed by atoms with Gasteiger partial charge in [0, 0.05) is 19.7 Å². The number of nitrogens with one attached hydrogen (secondary N) is 1. The zero-order chi connectivity index (χ0) is 13.4. The maximum atomic E-state index is 12.6. The molecule has 2 unspecified atom stereocenters. The van der Waals surface area contributed by atoms with Crippen LogP contribution in [-0.4, -0.2) is 45.7 Å². The van der Waals surface area contributed by atoms with Gasteiger partial charge in [0.2, 0.25) is 0 Å². The Balaban J connectivity index is 2.11. The number of ether oxygens (including phenoxy) is 2. The lowest BCUT2D eigenvalue weighted by atomic mass is 9.85. The van der Waals surface area contributed by atoms with Crippen molar-refractivity contribution in [2.24, 2.45) is 5.92 Å². The molecule has 1 aliphatic carbocycles. The molecule has 1 rings (SSSR count). The second-order valence-electron chi connectivity index (χ2n) is 4.66. The van der Waals surface area contributed by atoms with E-state index in [0.717, 1.165) is 6.42 Å². The van der Waals surface area contributed by atoms with E-state index >= 15 is 0 Å². The number of hydrogen-bond donors (Lipinski definition) is 1. The van der Waals surface area contributed by atoms with E-state index in [2.05, 4.69) is 5.32 Å². The molecule has 1 N–H and O–H groups in total. The molecule has 1 saturated carbocycles. The van der Waals surface area contributed by atoms with Crippen molar-refractivity contribution in [3.63, 3.8) is 0 Å². The smallest absolute Gasteiger partial charge is 0.382 e. The van der Waals surface area contributed by atoms with Gasteiger partial charge in [-0.1, -0.05) is 6.42 Å². The summed E-state index contributed by atoms with van der Waals surface area (Å²) in [5.41, 5.74) is 0. The van der Waals surface area contributed by atoms with Crippen LogP contribution in [0.25, 0.3) is 0 Å². The van der Waals surface area contributed by atoms with E-state index in [1.54, 1.807) is 7.11 Å². The molecule has 0 amide bonds. The van der Waals surface area contributed by atoms with Gasteiger partial charge in [-0.25, -0.2) is 0 Å². The highest BCUT2D eigenvalue weighted by molar-refractivity contribution is 4.81. The van der Waals surface area contributed by atoms with Crippen LogP contribution in [0.5, 0.6) is 0 Å². The summed E-state index contributed by atoms with van der Waals surface area (Å²) in [5.74, 6) is -1.14. The number of methoxy groups -OCH3 is 1. The van der Waals surface area contributed by atoms with Gasteiger partial charge in [-0.15, -0.1) is 0 Å². The molecule has 0 aromatic carbocycles. The van der Waals surface area contributed by atoms with Crippen LogP contribution >= 0.6 is 0 Å². The Morgan fingerprint density at radius 1 is 1.17 bits per heavy atom. The van der Waals surface area contributed by atoms with Gasteiger partial charge in [-0.3, -0.25) is 0 Å². The predicted molar refractivity (Wildman–Crippen MR) is 62.5 cm³/mol. The average molecular weight is 269 g/mol. The number of alkyl halides is 3. The predicted octanol–water partition coefficient (Wildman–Crippen LogP) is 2.36. The third-order valence-electron chi connectivity index (χ3n) is 3.25. The minimum absolute atomic E-state index is 0.0311. The summed E-state index contributed by atoms with van der Waals surface area (Å²) in [6.45, 7) is 2.17. The Morgan fingerprint density at radius 2 is 1.94 bits per heavy atom. The van der Waals surface area contributed by atoms with Crippen molar-refractivity contribution >= 4 is 0 Å². The van der Waals surface area contributed by atoms with Crippen molar-refractivity contribution < 1.29 is 22.6 Å². The van der Waals surface area contributed by atoms with Crippen molar-refractivity contribution in [3.8, 4) is 0 Å². The van der Waals surface area contributed by atoms with E-state index in [0.29, 0.717) is 32.8 Å². The molecule has 0 spiro atoms. The molecule has 1 fully saturated rings. The van der Waals surface area contributed by atoms with Crippen LogP contribution < -0.4 is 5.32 Å². The van der Waals surface area contributed by atoms with E-state index < -0.39 is 12.1 Å². The van der Waals surface area contributed by atoms with Gasteiger partial charge in [0.15, 0.2) is 0 Å². The molecule has 2 atom stereocenters. The molecule has 0 saturated heterocycles. The van der Waals surface area contributed by atoms with Crippen molar-refractivity contribution in [1.82, 2.24) is 5.32 Å². The Bertz CT molecular complexity index is 224. The molecule has 0 heterocycles. The maximum absolute atomic E-state index is 12.6. The molecule has 0 aromatic heterocycles. The van der Waals surface area contributed by atoms with E-state index in [4.69, 9.17) is 9.47 Å². The highest BCUT2D eigenvalue weighted by Crippen LogP contribution is 2.37. The topological polar surface area (TPSA) is 30.5 Å². The van der Waals surface area contributed by atoms with Gasteiger partial charge in [-0.05, 0) is 19.3 Å². The minimum atomic E-state index is -4.05. The van der Waals surface area contributed by atoms with Gasteiger partial charge < -0.3 is 14.8 Å². The largest absolute Gasteiger partial charge is 0.391 e. The summed E-state index contributed by atoms with van der Waals surface area (Å²) in [4.78, 5) is 0.